The van der Waals surface area contributed by atoms with E-state index in [0.29, 0.717) is 17.9 Å². The standard InChI is InChI=1S/C36H34BrN3O3S/c1-23-12-13-24(2)26(18-23)20-39-21-34(28-8-5-6-10-31(28)39)44-22-35(41)40-32(29-9-7-11-33(42-3)36(29)43-4)19-30(38-40)25-14-16-27(37)17-15-25/h5-18,21,32H,19-20,22H2,1-4H3/t32-/m1/s1. The van der Waals surface area contributed by atoms with E-state index in [0.717, 1.165) is 43.7 Å². The van der Waals surface area contributed by atoms with Gasteiger partial charge in [0.1, 0.15) is 0 Å². The fourth-order valence-corrected chi connectivity index (χ4v) is 7.00. The number of fused-ring (bicyclic) bond motifs is 1. The van der Waals surface area contributed by atoms with E-state index >= 15 is 0 Å². The molecular weight excluding hydrogens is 634 g/mol. The molecule has 8 heteroatoms. The van der Waals surface area contributed by atoms with Crippen LogP contribution in [-0.4, -0.2) is 41.2 Å². The topological polar surface area (TPSA) is 56.1 Å². The lowest BCUT2D eigenvalue weighted by atomic mass is 9.97. The molecular formula is C36H34BrN3O3S. The number of methoxy groups -OCH3 is 2. The Kier molecular flexibility index (Phi) is 8.82. The Morgan fingerprint density at radius 3 is 2.55 bits per heavy atom. The molecule has 224 valence electrons. The average Bonchev–Trinajstić information content (AvgIpc) is 3.64. The summed E-state index contributed by atoms with van der Waals surface area (Å²) in [5.41, 5.74) is 7.67. The van der Waals surface area contributed by atoms with Crippen molar-refractivity contribution < 1.29 is 14.3 Å². The molecule has 5 aromatic rings. The van der Waals surface area contributed by atoms with Crippen molar-refractivity contribution in [1.82, 2.24) is 9.58 Å². The van der Waals surface area contributed by atoms with Crippen molar-refractivity contribution in [2.75, 3.05) is 20.0 Å². The summed E-state index contributed by atoms with van der Waals surface area (Å²) in [6, 6.07) is 28.5. The number of amides is 1. The number of nitrogens with zero attached hydrogens (tertiary/aromatic N) is 3. The molecule has 0 unspecified atom stereocenters. The van der Waals surface area contributed by atoms with Crippen LogP contribution in [0.1, 0.15) is 40.3 Å². The van der Waals surface area contributed by atoms with Gasteiger partial charge in [0, 0.05) is 45.0 Å². The Bertz CT molecular complexity index is 1870. The fraction of sp³-hybridized carbons (Fsp3) is 0.222. The number of thioether (sulfide) groups is 1. The molecule has 0 aliphatic carbocycles. The van der Waals surface area contributed by atoms with E-state index in [-0.39, 0.29) is 17.7 Å². The zero-order valence-electron chi connectivity index (χ0n) is 25.2. The third-order valence-electron chi connectivity index (χ3n) is 8.08. The van der Waals surface area contributed by atoms with Gasteiger partial charge >= 0.3 is 0 Å². The molecule has 1 aromatic heterocycles. The van der Waals surface area contributed by atoms with E-state index < -0.39 is 0 Å². The fourth-order valence-electron chi connectivity index (χ4n) is 5.79. The molecule has 1 amide bonds. The smallest absolute Gasteiger partial charge is 0.253 e. The van der Waals surface area contributed by atoms with Crippen LogP contribution in [0.4, 0.5) is 0 Å². The van der Waals surface area contributed by atoms with Crippen molar-refractivity contribution in [2.24, 2.45) is 5.10 Å². The van der Waals surface area contributed by atoms with E-state index in [2.05, 4.69) is 83.0 Å². The number of hydrogen-bond donors (Lipinski definition) is 0. The van der Waals surface area contributed by atoms with Crippen molar-refractivity contribution in [1.29, 1.82) is 0 Å². The van der Waals surface area contributed by atoms with Gasteiger partial charge in [0.15, 0.2) is 11.5 Å². The summed E-state index contributed by atoms with van der Waals surface area (Å²) in [6.45, 7) is 5.05. The molecule has 6 rings (SSSR count). The van der Waals surface area contributed by atoms with Gasteiger partial charge in [-0.15, -0.1) is 11.8 Å². The summed E-state index contributed by atoms with van der Waals surface area (Å²) >= 11 is 5.07. The number of hydrazone groups is 1. The predicted octanol–water partition coefficient (Wildman–Crippen LogP) is 8.56. The first-order valence-corrected chi connectivity index (χ1v) is 16.3. The Hall–Kier alpha value is -4.01. The highest BCUT2D eigenvalue weighted by Crippen LogP contribution is 2.42. The van der Waals surface area contributed by atoms with Crippen LogP contribution >= 0.6 is 27.7 Å². The van der Waals surface area contributed by atoms with Gasteiger partial charge < -0.3 is 14.0 Å². The molecule has 1 atom stereocenters. The number of ether oxygens (including phenoxy) is 2. The summed E-state index contributed by atoms with van der Waals surface area (Å²) < 4.78 is 14.6. The zero-order chi connectivity index (χ0) is 30.8. The molecule has 0 fully saturated rings. The monoisotopic (exact) mass is 667 g/mol. The Morgan fingerprint density at radius 1 is 0.977 bits per heavy atom. The van der Waals surface area contributed by atoms with Gasteiger partial charge in [0.2, 0.25) is 0 Å². The van der Waals surface area contributed by atoms with Crippen LogP contribution in [0.3, 0.4) is 0 Å². The molecule has 44 heavy (non-hydrogen) atoms. The number of benzene rings is 4. The van der Waals surface area contributed by atoms with Crippen molar-refractivity contribution >= 4 is 50.2 Å². The minimum absolute atomic E-state index is 0.0663. The van der Waals surface area contributed by atoms with Gasteiger partial charge in [0.25, 0.3) is 5.91 Å². The van der Waals surface area contributed by atoms with Crippen LogP contribution in [0.2, 0.25) is 0 Å². The highest BCUT2D eigenvalue weighted by molar-refractivity contribution is 9.10. The molecule has 0 spiro atoms. The number of rotatable bonds is 9. The van der Waals surface area contributed by atoms with Gasteiger partial charge in [0.05, 0.1) is 31.7 Å². The Morgan fingerprint density at radius 2 is 1.77 bits per heavy atom. The highest BCUT2D eigenvalue weighted by Gasteiger charge is 2.35. The van der Waals surface area contributed by atoms with Gasteiger partial charge in [-0.2, -0.15) is 5.10 Å². The summed E-state index contributed by atoms with van der Waals surface area (Å²) in [4.78, 5) is 15.1. The molecule has 0 saturated heterocycles. The number of aromatic nitrogens is 1. The lowest BCUT2D eigenvalue weighted by Gasteiger charge is -2.24. The lowest BCUT2D eigenvalue weighted by molar-refractivity contribution is -0.130. The first-order chi connectivity index (χ1) is 21.4. The first kappa shape index (κ1) is 30.0. The van der Waals surface area contributed by atoms with Gasteiger partial charge in [-0.1, -0.05) is 82.2 Å². The van der Waals surface area contributed by atoms with Gasteiger partial charge in [-0.25, -0.2) is 5.01 Å². The molecule has 6 nitrogen and oxygen atoms in total. The summed E-state index contributed by atoms with van der Waals surface area (Å²) in [6.07, 6.45) is 2.74. The molecule has 4 aromatic carbocycles. The summed E-state index contributed by atoms with van der Waals surface area (Å²) in [5, 5.41) is 7.68. The van der Waals surface area contributed by atoms with Crippen LogP contribution in [0.15, 0.2) is 106 Å². The van der Waals surface area contributed by atoms with Gasteiger partial charge in [-0.3, -0.25) is 4.79 Å². The van der Waals surface area contributed by atoms with Gasteiger partial charge in [-0.05, 0) is 54.8 Å². The van der Waals surface area contributed by atoms with Crippen LogP contribution < -0.4 is 9.47 Å². The number of halogens is 1. The largest absolute Gasteiger partial charge is 0.493 e. The number of carbonyl (C=O) groups excluding carboxylic acids is 1. The van der Waals surface area contributed by atoms with Crippen molar-refractivity contribution in [3.05, 3.63) is 123 Å². The third-order valence-corrected chi connectivity index (χ3v) is 9.64. The van der Waals surface area contributed by atoms with E-state index in [1.165, 1.54) is 16.7 Å². The van der Waals surface area contributed by atoms with Crippen molar-refractivity contribution in [2.45, 2.75) is 37.8 Å². The molecule has 0 bridgehead atoms. The lowest BCUT2D eigenvalue weighted by Crippen LogP contribution is -2.28. The van der Waals surface area contributed by atoms with Crippen LogP contribution in [0.5, 0.6) is 11.5 Å². The van der Waals surface area contributed by atoms with Crippen LogP contribution in [0, 0.1) is 13.8 Å². The van der Waals surface area contributed by atoms with E-state index in [1.54, 1.807) is 31.0 Å². The van der Waals surface area contributed by atoms with E-state index in [4.69, 9.17) is 14.6 Å². The quantitative estimate of drug-likeness (QED) is 0.148. The molecule has 0 radical (unpaired) electrons. The van der Waals surface area contributed by atoms with Crippen molar-refractivity contribution in [3.8, 4) is 11.5 Å². The number of para-hydroxylation sites is 2. The van der Waals surface area contributed by atoms with E-state index in [9.17, 15) is 4.79 Å². The predicted molar refractivity (Wildman–Crippen MR) is 182 cm³/mol. The zero-order valence-corrected chi connectivity index (χ0v) is 27.6. The normalized spacial score (nSPS) is 14.6. The molecule has 2 heterocycles. The molecule has 1 aliphatic rings. The molecule has 1 aliphatic heterocycles. The molecule has 0 N–H and O–H groups in total. The third kappa shape index (κ3) is 6.01. The second kappa shape index (κ2) is 12.9. The molecule has 0 saturated carbocycles. The minimum atomic E-state index is -0.322. The number of aryl methyl sites for hydroxylation is 2. The first-order valence-electron chi connectivity index (χ1n) is 14.5. The van der Waals surface area contributed by atoms with E-state index in [1.807, 2.05) is 42.5 Å². The summed E-state index contributed by atoms with van der Waals surface area (Å²) in [7, 11) is 3.25. The maximum atomic E-state index is 14.0. The maximum Gasteiger partial charge on any atom is 0.253 e. The highest BCUT2D eigenvalue weighted by atomic mass is 79.9. The van der Waals surface area contributed by atoms with Crippen molar-refractivity contribution in [3.63, 3.8) is 0 Å². The SMILES string of the molecule is COc1cccc([C@H]2CC(c3ccc(Br)cc3)=NN2C(=O)CSc2cn(Cc3cc(C)ccc3C)c3ccccc23)c1OC. The average molecular weight is 669 g/mol. The Labute approximate surface area is 270 Å². The number of hydrogen-bond acceptors (Lipinski definition) is 5. The Balaban J connectivity index is 1.30. The summed E-state index contributed by atoms with van der Waals surface area (Å²) in [5.74, 6) is 1.42. The minimum Gasteiger partial charge on any atom is -0.493 e. The second-order valence-electron chi connectivity index (χ2n) is 11.0. The number of carbonyl (C=O) groups is 1. The van der Waals surface area contributed by atoms with Crippen LogP contribution in [-0.2, 0) is 11.3 Å². The second-order valence-corrected chi connectivity index (χ2v) is 12.9. The van der Waals surface area contributed by atoms with Crippen LogP contribution in [0.25, 0.3) is 10.9 Å². The maximum absolute atomic E-state index is 14.0.